The lowest BCUT2D eigenvalue weighted by Crippen LogP contribution is -2.07. The van der Waals surface area contributed by atoms with Crippen molar-refractivity contribution < 1.29 is 18.3 Å². The fourth-order valence-electron chi connectivity index (χ4n) is 1.36. The Morgan fingerprint density at radius 2 is 2.24 bits per heavy atom. The molecule has 0 bridgehead atoms. The molecular weight excluding hydrogens is 246 g/mol. The molecule has 0 amide bonds. The first-order valence-electron chi connectivity index (χ1n) is 5.64. The molecule has 17 heavy (non-hydrogen) atoms. The SMILES string of the molecule is O=C(CCCCC(F)F)OCCc1cccs1. The molecular formula is C12H16F2O2S. The number of halogens is 2. The van der Waals surface area contributed by atoms with Crippen LogP contribution in [0.2, 0.25) is 0 Å². The Hall–Kier alpha value is -0.970. The second kappa shape index (κ2) is 8.17. The molecule has 0 saturated carbocycles. The largest absolute Gasteiger partial charge is 0.465 e. The van der Waals surface area contributed by atoms with E-state index in [4.69, 9.17) is 4.74 Å². The highest BCUT2D eigenvalue weighted by Gasteiger charge is 2.05. The normalized spacial score (nSPS) is 10.8. The average molecular weight is 262 g/mol. The van der Waals surface area contributed by atoms with E-state index in [1.54, 1.807) is 11.3 Å². The molecule has 5 heteroatoms. The van der Waals surface area contributed by atoms with Crippen molar-refractivity contribution in [2.45, 2.75) is 38.5 Å². The quantitative estimate of drug-likeness (QED) is 0.528. The molecule has 0 aliphatic carbocycles. The summed E-state index contributed by atoms with van der Waals surface area (Å²) in [4.78, 5) is 12.4. The van der Waals surface area contributed by atoms with E-state index >= 15 is 0 Å². The zero-order valence-corrected chi connectivity index (χ0v) is 10.3. The van der Waals surface area contributed by atoms with Crippen molar-refractivity contribution in [1.82, 2.24) is 0 Å². The first kappa shape index (κ1) is 14.1. The maximum atomic E-state index is 11.8. The summed E-state index contributed by atoms with van der Waals surface area (Å²) in [5.41, 5.74) is 0. The number of unbranched alkanes of at least 4 members (excludes halogenated alkanes) is 1. The summed E-state index contributed by atoms with van der Waals surface area (Å²) in [6.07, 6.45) is -0.607. The summed E-state index contributed by atoms with van der Waals surface area (Å²) >= 11 is 1.62. The monoisotopic (exact) mass is 262 g/mol. The third kappa shape index (κ3) is 7.05. The molecule has 1 aromatic rings. The topological polar surface area (TPSA) is 26.3 Å². The Bertz CT molecular complexity index is 312. The van der Waals surface area contributed by atoms with Crippen molar-refractivity contribution in [3.63, 3.8) is 0 Å². The van der Waals surface area contributed by atoms with Crippen LogP contribution in [0.5, 0.6) is 0 Å². The Morgan fingerprint density at radius 1 is 1.41 bits per heavy atom. The van der Waals surface area contributed by atoms with Gasteiger partial charge in [-0.25, -0.2) is 8.78 Å². The molecule has 96 valence electrons. The minimum Gasteiger partial charge on any atom is -0.465 e. The molecule has 0 unspecified atom stereocenters. The van der Waals surface area contributed by atoms with Gasteiger partial charge in [0.05, 0.1) is 6.61 Å². The fourth-order valence-corrected chi connectivity index (χ4v) is 2.05. The molecule has 0 radical (unpaired) electrons. The van der Waals surface area contributed by atoms with Crippen LogP contribution in [0.25, 0.3) is 0 Å². The number of rotatable bonds is 8. The number of esters is 1. The predicted molar refractivity (Wildman–Crippen MR) is 63.5 cm³/mol. The van der Waals surface area contributed by atoms with Crippen molar-refractivity contribution in [3.8, 4) is 0 Å². The van der Waals surface area contributed by atoms with Gasteiger partial charge in [-0.1, -0.05) is 6.07 Å². The second-order valence-corrected chi connectivity index (χ2v) is 4.72. The molecule has 0 fully saturated rings. The number of ether oxygens (including phenoxy) is 1. The van der Waals surface area contributed by atoms with Crippen LogP contribution in [-0.2, 0) is 16.0 Å². The molecule has 0 saturated heterocycles. The molecule has 2 nitrogen and oxygen atoms in total. The Kier molecular flexibility index (Phi) is 6.77. The highest BCUT2D eigenvalue weighted by atomic mass is 32.1. The highest BCUT2D eigenvalue weighted by Crippen LogP contribution is 2.10. The zero-order chi connectivity index (χ0) is 12.5. The molecule has 0 spiro atoms. The lowest BCUT2D eigenvalue weighted by molar-refractivity contribution is -0.143. The van der Waals surface area contributed by atoms with Crippen molar-refractivity contribution in [2.24, 2.45) is 0 Å². The summed E-state index contributed by atoms with van der Waals surface area (Å²) in [7, 11) is 0. The van der Waals surface area contributed by atoms with E-state index in [1.165, 1.54) is 4.88 Å². The smallest absolute Gasteiger partial charge is 0.305 e. The first-order chi connectivity index (χ1) is 8.18. The number of hydrogen-bond donors (Lipinski definition) is 0. The average Bonchev–Trinajstić information content (AvgIpc) is 2.77. The lowest BCUT2D eigenvalue weighted by Gasteiger charge is -2.03. The number of carbonyl (C=O) groups is 1. The summed E-state index contributed by atoms with van der Waals surface area (Å²) in [6.45, 7) is 0.369. The number of thiophene rings is 1. The van der Waals surface area contributed by atoms with Crippen LogP contribution in [-0.4, -0.2) is 19.0 Å². The lowest BCUT2D eigenvalue weighted by atomic mass is 10.2. The Morgan fingerprint density at radius 3 is 2.88 bits per heavy atom. The standard InChI is InChI=1S/C12H16F2O2S/c13-11(14)5-1-2-6-12(15)16-8-7-10-4-3-9-17-10/h3-4,9,11H,1-2,5-8H2. The van der Waals surface area contributed by atoms with Gasteiger partial charge in [0.1, 0.15) is 0 Å². The Balaban J connectivity index is 1.98. The van der Waals surface area contributed by atoms with Gasteiger partial charge >= 0.3 is 5.97 Å². The minimum absolute atomic E-state index is 0.136. The molecule has 1 rings (SSSR count). The third-order valence-electron chi connectivity index (χ3n) is 2.24. The van der Waals surface area contributed by atoms with E-state index in [0.717, 1.165) is 6.42 Å². The number of hydrogen-bond acceptors (Lipinski definition) is 3. The molecule has 0 atom stereocenters. The molecule has 0 aliphatic rings. The van der Waals surface area contributed by atoms with Crippen LogP contribution >= 0.6 is 11.3 Å². The summed E-state index contributed by atoms with van der Waals surface area (Å²) < 4.78 is 28.6. The van der Waals surface area contributed by atoms with Crippen molar-refractivity contribution in [1.29, 1.82) is 0 Å². The first-order valence-corrected chi connectivity index (χ1v) is 6.52. The minimum atomic E-state index is -2.27. The van der Waals surface area contributed by atoms with Crippen LogP contribution in [0.15, 0.2) is 17.5 Å². The van der Waals surface area contributed by atoms with E-state index in [2.05, 4.69) is 0 Å². The van der Waals surface area contributed by atoms with Gasteiger partial charge in [-0.05, 0) is 24.3 Å². The van der Waals surface area contributed by atoms with Gasteiger partial charge < -0.3 is 4.74 Å². The maximum absolute atomic E-state index is 11.8. The summed E-state index contributed by atoms with van der Waals surface area (Å²) in [5, 5.41) is 1.97. The van der Waals surface area contributed by atoms with Crippen molar-refractivity contribution >= 4 is 17.3 Å². The van der Waals surface area contributed by atoms with E-state index in [-0.39, 0.29) is 18.8 Å². The van der Waals surface area contributed by atoms with Crippen LogP contribution in [0.4, 0.5) is 8.78 Å². The van der Waals surface area contributed by atoms with Crippen molar-refractivity contribution in [2.75, 3.05) is 6.61 Å². The number of carbonyl (C=O) groups excluding carboxylic acids is 1. The van der Waals surface area contributed by atoms with E-state index in [0.29, 0.717) is 19.4 Å². The zero-order valence-electron chi connectivity index (χ0n) is 9.53. The maximum Gasteiger partial charge on any atom is 0.305 e. The van der Waals surface area contributed by atoms with Crippen LogP contribution in [0.3, 0.4) is 0 Å². The molecule has 0 aromatic carbocycles. The van der Waals surface area contributed by atoms with Gasteiger partial charge in [-0.2, -0.15) is 0 Å². The van der Waals surface area contributed by atoms with E-state index in [1.807, 2.05) is 17.5 Å². The second-order valence-electron chi connectivity index (χ2n) is 3.69. The molecule has 1 aromatic heterocycles. The third-order valence-corrected chi connectivity index (χ3v) is 3.18. The van der Waals surface area contributed by atoms with Gasteiger partial charge in [0.25, 0.3) is 0 Å². The van der Waals surface area contributed by atoms with Gasteiger partial charge in [0, 0.05) is 24.1 Å². The summed E-state index contributed by atoms with van der Waals surface area (Å²) in [6, 6.07) is 3.94. The number of alkyl halides is 2. The van der Waals surface area contributed by atoms with E-state index in [9.17, 15) is 13.6 Å². The van der Waals surface area contributed by atoms with Gasteiger partial charge in [0.15, 0.2) is 0 Å². The molecule has 1 heterocycles. The van der Waals surface area contributed by atoms with Crippen LogP contribution in [0, 0.1) is 0 Å². The highest BCUT2D eigenvalue weighted by molar-refractivity contribution is 7.09. The summed E-state index contributed by atoms with van der Waals surface area (Å²) in [5.74, 6) is -0.296. The van der Waals surface area contributed by atoms with Crippen LogP contribution < -0.4 is 0 Å². The predicted octanol–water partition coefficient (Wildman–Crippen LogP) is 3.66. The Labute approximate surface area is 104 Å². The van der Waals surface area contributed by atoms with E-state index < -0.39 is 6.43 Å². The van der Waals surface area contributed by atoms with Gasteiger partial charge in [-0.3, -0.25) is 4.79 Å². The molecule has 0 N–H and O–H groups in total. The molecule has 0 aliphatic heterocycles. The fraction of sp³-hybridized carbons (Fsp3) is 0.583. The van der Waals surface area contributed by atoms with Crippen molar-refractivity contribution in [3.05, 3.63) is 22.4 Å². The van der Waals surface area contributed by atoms with Gasteiger partial charge in [-0.15, -0.1) is 11.3 Å². The van der Waals surface area contributed by atoms with Crippen LogP contribution in [0.1, 0.15) is 30.6 Å². The van der Waals surface area contributed by atoms with Gasteiger partial charge in [0.2, 0.25) is 6.43 Å².